The zero-order valence-corrected chi connectivity index (χ0v) is 23.3. The minimum absolute atomic E-state index is 0.0313. The van der Waals surface area contributed by atoms with Crippen molar-refractivity contribution in [3.8, 4) is 22.3 Å². The van der Waals surface area contributed by atoms with E-state index in [1.807, 2.05) is 18.2 Å². The number of hydrogen-bond donors (Lipinski definition) is 0. The van der Waals surface area contributed by atoms with Crippen LogP contribution in [-0.2, 0) is 15.1 Å². The van der Waals surface area contributed by atoms with E-state index in [0.717, 1.165) is 16.7 Å². The van der Waals surface area contributed by atoms with Gasteiger partial charge >= 0.3 is 0 Å². The van der Waals surface area contributed by atoms with Gasteiger partial charge in [0.25, 0.3) is 0 Å². The third-order valence-corrected chi connectivity index (χ3v) is 8.09. The molecule has 7 rings (SSSR count). The maximum absolute atomic E-state index is 7.07. The molecule has 6 aromatic rings. The Morgan fingerprint density at radius 3 is 1.24 bits per heavy atom. The highest BCUT2D eigenvalue weighted by molar-refractivity contribution is 5.74. The first-order valence-corrected chi connectivity index (χ1v) is 14.5. The molecule has 2 atom stereocenters. The van der Waals surface area contributed by atoms with Crippen LogP contribution in [0.1, 0.15) is 28.4 Å². The van der Waals surface area contributed by atoms with Crippen LogP contribution in [0, 0.1) is 0 Å². The Labute approximate surface area is 247 Å². The molecule has 0 aliphatic carbocycles. The molecule has 6 aromatic carbocycles. The van der Waals surface area contributed by atoms with Crippen LogP contribution in [0.25, 0.3) is 22.3 Å². The second-order valence-corrected chi connectivity index (χ2v) is 10.8. The van der Waals surface area contributed by atoms with Crippen molar-refractivity contribution in [1.29, 1.82) is 0 Å². The predicted molar refractivity (Wildman–Crippen MR) is 170 cm³/mol. The van der Waals surface area contributed by atoms with Crippen molar-refractivity contribution in [3.05, 3.63) is 192 Å². The standard InChI is InChI=1S/C40H32O2/c1-6-16-30(17-7-1)32-26-33(31-18-8-2-9-19-31)28-34(27-32)39-38(42-39)29-41-40(35-20-10-3-11-21-35,36-22-12-4-13-23-36)37-24-14-5-15-25-37/h1-28,38-39H,29H2/t38-,39+/m0/s1. The van der Waals surface area contributed by atoms with Gasteiger partial charge < -0.3 is 9.47 Å². The summed E-state index contributed by atoms with van der Waals surface area (Å²) < 4.78 is 13.4. The SMILES string of the molecule is c1ccc(-c2cc(-c3ccccc3)cc([C@H]3O[C@H]3COC(c3ccccc3)(c3ccccc3)c3ccccc3)c2)cc1. The first-order valence-electron chi connectivity index (χ1n) is 14.5. The second kappa shape index (κ2) is 11.6. The maximum atomic E-state index is 7.07. The number of ether oxygens (including phenoxy) is 2. The lowest BCUT2D eigenvalue weighted by molar-refractivity contribution is 0.00427. The Kier molecular flexibility index (Phi) is 7.24. The van der Waals surface area contributed by atoms with Gasteiger partial charge in [-0.05, 0) is 62.7 Å². The Bertz CT molecular complexity index is 1580. The summed E-state index contributed by atoms with van der Waals surface area (Å²) in [4.78, 5) is 0. The van der Waals surface area contributed by atoms with E-state index in [1.165, 1.54) is 27.8 Å². The number of epoxide rings is 1. The average Bonchev–Trinajstić information content (AvgIpc) is 3.87. The largest absolute Gasteiger partial charge is 0.362 e. The summed E-state index contributed by atoms with van der Waals surface area (Å²) in [7, 11) is 0. The molecule has 1 aliphatic heterocycles. The fourth-order valence-corrected chi connectivity index (χ4v) is 5.95. The number of benzene rings is 6. The molecule has 42 heavy (non-hydrogen) atoms. The van der Waals surface area contributed by atoms with Crippen molar-refractivity contribution in [3.63, 3.8) is 0 Å². The Morgan fingerprint density at radius 1 is 0.452 bits per heavy atom. The van der Waals surface area contributed by atoms with Gasteiger partial charge in [-0.25, -0.2) is 0 Å². The summed E-state index contributed by atoms with van der Waals surface area (Å²) in [5.74, 6) is 0. The molecule has 1 saturated heterocycles. The molecular formula is C40H32O2. The van der Waals surface area contributed by atoms with E-state index in [2.05, 4.69) is 152 Å². The Morgan fingerprint density at radius 2 is 0.833 bits per heavy atom. The van der Waals surface area contributed by atoms with E-state index in [-0.39, 0.29) is 12.2 Å². The molecule has 0 spiro atoms. The summed E-state index contributed by atoms with van der Waals surface area (Å²) in [5.41, 5.74) is 8.47. The van der Waals surface area contributed by atoms with E-state index >= 15 is 0 Å². The van der Waals surface area contributed by atoms with Crippen molar-refractivity contribution in [1.82, 2.24) is 0 Å². The highest BCUT2D eigenvalue weighted by Crippen LogP contribution is 2.46. The fraction of sp³-hybridized carbons (Fsp3) is 0.100. The van der Waals surface area contributed by atoms with Gasteiger partial charge in [0, 0.05) is 0 Å². The first kappa shape index (κ1) is 26.2. The molecule has 204 valence electrons. The Balaban J connectivity index is 1.23. The molecule has 0 N–H and O–H groups in total. The van der Waals surface area contributed by atoms with Crippen LogP contribution >= 0.6 is 0 Å². The molecule has 1 fully saturated rings. The molecule has 0 aromatic heterocycles. The smallest absolute Gasteiger partial charge is 0.143 e. The minimum Gasteiger partial charge on any atom is -0.362 e. The van der Waals surface area contributed by atoms with Crippen LogP contribution < -0.4 is 0 Å². The number of hydrogen-bond acceptors (Lipinski definition) is 2. The zero-order chi connectivity index (χ0) is 28.2. The van der Waals surface area contributed by atoms with Gasteiger partial charge in [-0.3, -0.25) is 0 Å². The molecular weight excluding hydrogens is 512 g/mol. The van der Waals surface area contributed by atoms with Crippen molar-refractivity contribution in [2.45, 2.75) is 17.8 Å². The summed E-state index contributed by atoms with van der Waals surface area (Å²) in [6.45, 7) is 0.458. The van der Waals surface area contributed by atoms with Crippen LogP contribution in [0.5, 0.6) is 0 Å². The molecule has 1 heterocycles. The van der Waals surface area contributed by atoms with E-state index in [1.54, 1.807) is 0 Å². The summed E-state index contributed by atoms with van der Waals surface area (Å²) in [5, 5.41) is 0. The van der Waals surface area contributed by atoms with Crippen molar-refractivity contribution >= 4 is 0 Å². The van der Waals surface area contributed by atoms with Gasteiger partial charge in [-0.15, -0.1) is 0 Å². The van der Waals surface area contributed by atoms with Crippen LogP contribution in [0.15, 0.2) is 170 Å². The van der Waals surface area contributed by atoms with Gasteiger partial charge in [-0.2, -0.15) is 0 Å². The lowest BCUT2D eigenvalue weighted by atomic mass is 9.80. The van der Waals surface area contributed by atoms with Crippen LogP contribution in [0.2, 0.25) is 0 Å². The molecule has 1 aliphatic rings. The predicted octanol–water partition coefficient (Wildman–Crippen LogP) is 9.47. The quantitative estimate of drug-likeness (QED) is 0.134. The lowest BCUT2D eigenvalue weighted by Crippen LogP contribution is -2.34. The monoisotopic (exact) mass is 544 g/mol. The van der Waals surface area contributed by atoms with E-state index in [4.69, 9.17) is 9.47 Å². The number of rotatable bonds is 9. The third kappa shape index (κ3) is 5.19. The van der Waals surface area contributed by atoms with Gasteiger partial charge in [-0.1, -0.05) is 152 Å². The summed E-state index contributed by atoms with van der Waals surface area (Å²) >= 11 is 0. The minimum atomic E-state index is -0.763. The summed E-state index contributed by atoms with van der Waals surface area (Å²) in [6.07, 6.45) is -0.0775. The maximum Gasteiger partial charge on any atom is 0.143 e. The van der Waals surface area contributed by atoms with Crippen molar-refractivity contribution in [2.75, 3.05) is 6.61 Å². The van der Waals surface area contributed by atoms with Crippen LogP contribution in [0.4, 0.5) is 0 Å². The zero-order valence-electron chi connectivity index (χ0n) is 23.3. The first-order chi connectivity index (χ1) is 20.8. The van der Waals surface area contributed by atoms with Gasteiger partial charge in [0.05, 0.1) is 6.61 Å². The third-order valence-electron chi connectivity index (χ3n) is 8.09. The normalized spacial score (nSPS) is 16.2. The second-order valence-electron chi connectivity index (χ2n) is 10.8. The highest BCUT2D eigenvalue weighted by Gasteiger charge is 2.45. The van der Waals surface area contributed by atoms with Gasteiger partial charge in [0.1, 0.15) is 17.8 Å². The summed E-state index contributed by atoms with van der Waals surface area (Å²) in [6, 6.07) is 59.5. The molecule has 2 heteroatoms. The van der Waals surface area contributed by atoms with E-state index in [9.17, 15) is 0 Å². The highest BCUT2D eigenvalue weighted by atomic mass is 16.6. The molecule has 2 nitrogen and oxygen atoms in total. The van der Waals surface area contributed by atoms with E-state index < -0.39 is 5.60 Å². The molecule has 0 amide bonds. The van der Waals surface area contributed by atoms with Gasteiger partial charge in [0.2, 0.25) is 0 Å². The molecule has 0 saturated carbocycles. The molecule has 0 unspecified atom stereocenters. The molecule has 0 bridgehead atoms. The van der Waals surface area contributed by atoms with E-state index in [0.29, 0.717) is 6.61 Å². The van der Waals surface area contributed by atoms with Crippen molar-refractivity contribution < 1.29 is 9.47 Å². The molecule has 0 radical (unpaired) electrons. The van der Waals surface area contributed by atoms with Crippen molar-refractivity contribution in [2.24, 2.45) is 0 Å². The lowest BCUT2D eigenvalue weighted by Gasteiger charge is -2.35. The van der Waals surface area contributed by atoms with Gasteiger partial charge in [0.15, 0.2) is 0 Å². The fourth-order valence-electron chi connectivity index (χ4n) is 5.95. The van der Waals surface area contributed by atoms with Crippen LogP contribution in [0.3, 0.4) is 0 Å². The Hall–Kier alpha value is -4.76. The van der Waals surface area contributed by atoms with Crippen LogP contribution in [-0.4, -0.2) is 12.7 Å². The topological polar surface area (TPSA) is 21.8 Å². The average molecular weight is 545 g/mol.